The molecule has 3 heterocycles. The normalized spacial score (nSPS) is 20.3. The summed E-state index contributed by atoms with van der Waals surface area (Å²) in [6, 6.07) is 3.35. The number of rotatable bonds is 6. The molecule has 8 heteroatoms. The van der Waals surface area contributed by atoms with Crippen molar-refractivity contribution in [2.24, 2.45) is 0 Å². The number of carbonyl (C=O) groups is 2. The smallest absolute Gasteiger partial charge is 0.324 e. The van der Waals surface area contributed by atoms with Gasteiger partial charge in [0.15, 0.2) is 5.75 Å². The molecule has 1 aromatic heterocycles. The summed E-state index contributed by atoms with van der Waals surface area (Å²) in [7, 11) is 0. The first-order chi connectivity index (χ1) is 11.2. The summed E-state index contributed by atoms with van der Waals surface area (Å²) >= 11 is 0. The van der Waals surface area contributed by atoms with Crippen molar-refractivity contribution in [3.63, 3.8) is 0 Å². The van der Waals surface area contributed by atoms with Gasteiger partial charge in [0.25, 0.3) is 5.88 Å². The molecule has 124 valence electrons. The molecule has 2 aliphatic heterocycles. The highest BCUT2D eigenvalue weighted by Crippen LogP contribution is 2.27. The van der Waals surface area contributed by atoms with Gasteiger partial charge in [0.1, 0.15) is 12.7 Å². The standard InChI is InChI=1S/C15H20N4O4/c20-13-4-8-19(15(21)18-13)7-2-5-16-9-11-10-22-12-3-1-6-17-14(12)23-11/h1,3,6,11,16H,2,4-5,7-10H2,(H,18,20,21). The van der Waals surface area contributed by atoms with Crippen LogP contribution in [0, 0.1) is 0 Å². The first-order valence-electron chi connectivity index (χ1n) is 7.76. The molecule has 0 radical (unpaired) electrons. The average molecular weight is 320 g/mol. The molecule has 0 bridgehead atoms. The number of imide groups is 1. The van der Waals surface area contributed by atoms with Crippen LogP contribution in [0.1, 0.15) is 12.8 Å². The van der Waals surface area contributed by atoms with Crippen LogP contribution in [0.5, 0.6) is 11.6 Å². The Balaban J connectivity index is 1.32. The minimum atomic E-state index is -0.298. The molecule has 8 nitrogen and oxygen atoms in total. The Morgan fingerprint density at radius 3 is 3.22 bits per heavy atom. The van der Waals surface area contributed by atoms with Gasteiger partial charge in [-0.05, 0) is 25.1 Å². The fourth-order valence-electron chi connectivity index (χ4n) is 2.52. The topological polar surface area (TPSA) is 92.8 Å². The zero-order chi connectivity index (χ0) is 16.1. The molecular weight excluding hydrogens is 300 g/mol. The maximum atomic E-state index is 11.6. The summed E-state index contributed by atoms with van der Waals surface area (Å²) in [5.74, 6) is 1.00. The van der Waals surface area contributed by atoms with Crippen molar-refractivity contribution in [2.45, 2.75) is 18.9 Å². The highest BCUT2D eigenvalue weighted by atomic mass is 16.6. The van der Waals surface area contributed by atoms with Gasteiger partial charge in [0.05, 0.1) is 0 Å². The molecule has 1 fully saturated rings. The zero-order valence-electron chi connectivity index (χ0n) is 12.8. The van der Waals surface area contributed by atoms with Crippen LogP contribution >= 0.6 is 0 Å². The van der Waals surface area contributed by atoms with Crippen LogP contribution in [0.3, 0.4) is 0 Å². The Hall–Kier alpha value is -2.35. The lowest BCUT2D eigenvalue weighted by Crippen LogP contribution is -2.50. The maximum Gasteiger partial charge on any atom is 0.324 e. The molecule has 2 N–H and O–H groups in total. The first-order valence-corrected chi connectivity index (χ1v) is 7.76. The third-order valence-electron chi connectivity index (χ3n) is 3.74. The van der Waals surface area contributed by atoms with Gasteiger partial charge in [-0.1, -0.05) is 0 Å². The van der Waals surface area contributed by atoms with E-state index in [9.17, 15) is 9.59 Å². The van der Waals surface area contributed by atoms with Crippen molar-refractivity contribution < 1.29 is 19.1 Å². The summed E-state index contributed by atoms with van der Waals surface area (Å²) < 4.78 is 11.3. The van der Waals surface area contributed by atoms with E-state index < -0.39 is 0 Å². The fourth-order valence-corrected chi connectivity index (χ4v) is 2.52. The Labute approximate surface area is 134 Å². The van der Waals surface area contributed by atoms with Crippen LogP contribution in [-0.4, -0.2) is 60.7 Å². The summed E-state index contributed by atoms with van der Waals surface area (Å²) in [6.45, 7) is 3.01. The average Bonchev–Trinajstić information content (AvgIpc) is 2.56. The van der Waals surface area contributed by atoms with Crippen molar-refractivity contribution in [1.29, 1.82) is 0 Å². The molecule has 0 saturated carbocycles. The molecule has 1 aromatic rings. The van der Waals surface area contributed by atoms with Gasteiger partial charge in [0, 0.05) is 32.3 Å². The van der Waals surface area contributed by atoms with E-state index in [0.29, 0.717) is 44.3 Å². The van der Waals surface area contributed by atoms with Crippen molar-refractivity contribution >= 4 is 11.9 Å². The summed E-state index contributed by atoms with van der Waals surface area (Å²) in [5.41, 5.74) is 0. The van der Waals surface area contributed by atoms with Crippen molar-refractivity contribution in [1.82, 2.24) is 20.5 Å². The Morgan fingerprint density at radius 2 is 2.35 bits per heavy atom. The molecule has 1 unspecified atom stereocenters. The second kappa shape index (κ2) is 7.28. The van der Waals surface area contributed by atoms with Crippen LogP contribution < -0.4 is 20.1 Å². The lowest BCUT2D eigenvalue weighted by atomic mass is 10.3. The molecule has 0 aliphatic carbocycles. The van der Waals surface area contributed by atoms with Crippen LogP contribution in [0.15, 0.2) is 18.3 Å². The molecule has 23 heavy (non-hydrogen) atoms. The summed E-state index contributed by atoms with van der Waals surface area (Å²) in [6.07, 6.45) is 2.78. The maximum absolute atomic E-state index is 11.6. The van der Waals surface area contributed by atoms with Crippen molar-refractivity contribution in [2.75, 3.05) is 32.8 Å². The van der Waals surface area contributed by atoms with E-state index in [1.807, 2.05) is 12.1 Å². The second-order valence-corrected chi connectivity index (χ2v) is 5.51. The van der Waals surface area contributed by atoms with E-state index in [1.165, 1.54) is 0 Å². The van der Waals surface area contributed by atoms with E-state index in [1.54, 1.807) is 11.1 Å². The molecule has 0 spiro atoms. The predicted molar refractivity (Wildman–Crippen MR) is 81.4 cm³/mol. The highest BCUT2D eigenvalue weighted by molar-refractivity contribution is 5.96. The molecule has 0 aromatic carbocycles. The van der Waals surface area contributed by atoms with Crippen LogP contribution in [-0.2, 0) is 4.79 Å². The van der Waals surface area contributed by atoms with E-state index >= 15 is 0 Å². The largest absolute Gasteiger partial charge is 0.484 e. The zero-order valence-corrected chi connectivity index (χ0v) is 12.8. The Kier molecular flexibility index (Phi) is 4.92. The van der Waals surface area contributed by atoms with Crippen LogP contribution in [0.4, 0.5) is 4.79 Å². The highest BCUT2D eigenvalue weighted by Gasteiger charge is 2.23. The second-order valence-electron chi connectivity index (χ2n) is 5.51. The van der Waals surface area contributed by atoms with Gasteiger partial charge in [-0.25, -0.2) is 9.78 Å². The monoisotopic (exact) mass is 320 g/mol. The summed E-state index contributed by atoms with van der Waals surface area (Å²) in [4.78, 5) is 28.4. The van der Waals surface area contributed by atoms with Crippen molar-refractivity contribution in [3.8, 4) is 11.6 Å². The number of hydrogen-bond donors (Lipinski definition) is 2. The number of urea groups is 1. The third kappa shape index (κ3) is 4.10. The Morgan fingerprint density at radius 1 is 1.43 bits per heavy atom. The molecule has 2 aliphatic rings. The quantitative estimate of drug-likeness (QED) is 0.725. The van der Waals surface area contributed by atoms with E-state index in [-0.39, 0.29) is 18.0 Å². The summed E-state index contributed by atoms with van der Waals surface area (Å²) in [5, 5.41) is 5.61. The molecule has 3 amide bonds. The van der Waals surface area contributed by atoms with E-state index in [2.05, 4.69) is 15.6 Å². The fraction of sp³-hybridized carbons (Fsp3) is 0.533. The number of carbonyl (C=O) groups excluding carboxylic acids is 2. The lowest BCUT2D eigenvalue weighted by Gasteiger charge is -2.27. The number of amides is 3. The van der Waals surface area contributed by atoms with Gasteiger partial charge in [-0.15, -0.1) is 0 Å². The number of ether oxygens (including phenoxy) is 2. The van der Waals surface area contributed by atoms with E-state index in [4.69, 9.17) is 9.47 Å². The minimum absolute atomic E-state index is 0.0756. The molecule has 1 atom stereocenters. The van der Waals surface area contributed by atoms with Gasteiger partial charge >= 0.3 is 6.03 Å². The van der Waals surface area contributed by atoms with Gasteiger partial charge in [0.2, 0.25) is 5.91 Å². The molecular formula is C15H20N4O4. The van der Waals surface area contributed by atoms with Crippen molar-refractivity contribution in [3.05, 3.63) is 18.3 Å². The number of fused-ring (bicyclic) bond motifs is 1. The Bertz CT molecular complexity index is 580. The molecule has 1 saturated heterocycles. The number of nitrogens with zero attached hydrogens (tertiary/aromatic N) is 2. The number of aromatic nitrogens is 1. The minimum Gasteiger partial charge on any atom is -0.484 e. The third-order valence-corrected chi connectivity index (χ3v) is 3.74. The first kappa shape index (κ1) is 15.5. The van der Waals surface area contributed by atoms with Gasteiger partial charge in [-0.3, -0.25) is 10.1 Å². The number of nitrogens with one attached hydrogen (secondary N) is 2. The van der Waals surface area contributed by atoms with Crippen LogP contribution in [0.25, 0.3) is 0 Å². The molecule has 3 rings (SSSR count). The number of pyridine rings is 1. The van der Waals surface area contributed by atoms with Gasteiger partial charge < -0.3 is 19.7 Å². The van der Waals surface area contributed by atoms with E-state index in [0.717, 1.165) is 13.0 Å². The number of hydrogen-bond acceptors (Lipinski definition) is 6. The SMILES string of the molecule is O=C1CCN(CCCNCC2COc3cccnc3O2)C(=O)N1. The predicted octanol–water partition coefficient (Wildman–Crippen LogP) is 0.143. The lowest BCUT2D eigenvalue weighted by molar-refractivity contribution is -0.121. The van der Waals surface area contributed by atoms with Crippen LogP contribution in [0.2, 0.25) is 0 Å². The van der Waals surface area contributed by atoms with Gasteiger partial charge in [-0.2, -0.15) is 0 Å².